The molecule has 8 heteroatoms. The largest absolute Gasteiger partial charge is 0.416 e. The number of aryl methyl sites for hydroxylation is 1. The predicted octanol–water partition coefficient (Wildman–Crippen LogP) is 5.87. The number of hydrogen-bond donors (Lipinski definition) is 1. The third-order valence-electron chi connectivity index (χ3n) is 5.02. The molecule has 1 amide bonds. The quantitative estimate of drug-likeness (QED) is 0.315. The van der Waals surface area contributed by atoms with Crippen molar-refractivity contribution in [3.05, 3.63) is 95.3 Å². The van der Waals surface area contributed by atoms with E-state index in [1.807, 2.05) is 55.5 Å². The Morgan fingerprint density at radius 1 is 1.09 bits per heavy atom. The molecule has 33 heavy (non-hydrogen) atoms. The predicted molar refractivity (Wildman–Crippen MR) is 119 cm³/mol. The van der Waals surface area contributed by atoms with Crippen LogP contribution < -0.4 is 5.32 Å². The monoisotopic (exact) mass is 446 g/mol. The number of imidazole rings is 1. The third-order valence-corrected chi connectivity index (χ3v) is 5.02. The van der Waals surface area contributed by atoms with Crippen molar-refractivity contribution in [3.8, 4) is 17.3 Å². The summed E-state index contributed by atoms with van der Waals surface area (Å²) in [5, 5.41) is 12.0. The Hall–Kier alpha value is -4.38. The number of halogens is 3. The zero-order valence-electron chi connectivity index (χ0n) is 17.4. The first-order chi connectivity index (χ1) is 15.8. The SMILES string of the molecule is Cc1cccn2c(C=C(C#N)C(=O)Nc3cccc(C(F)(F)F)c3)c(-c3ccccc3)nc12. The first-order valence-corrected chi connectivity index (χ1v) is 9.91. The van der Waals surface area contributed by atoms with Crippen molar-refractivity contribution in [2.24, 2.45) is 0 Å². The zero-order chi connectivity index (χ0) is 23.6. The van der Waals surface area contributed by atoms with Gasteiger partial charge in [0.15, 0.2) is 0 Å². The van der Waals surface area contributed by atoms with Gasteiger partial charge < -0.3 is 5.32 Å². The summed E-state index contributed by atoms with van der Waals surface area (Å²) in [6, 6.07) is 19.1. The minimum absolute atomic E-state index is 0.0618. The molecule has 4 aromatic rings. The van der Waals surface area contributed by atoms with E-state index in [1.54, 1.807) is 10.6 Å². The van der Waals surface area contributed by atoms with Crippen molar-refractivity contribution < 1.29 is 18.0 Å². The van der Waals surface area contributed by atoms with Crippen molar-refractivity contribution >= 4 is 23.3 Å². The number of hydrogen-bond acceptors (Lipinski definition) is 3. The molecular formula is C25H17F3N4O. The fourth-order valence-corrected chi connectivity index (χ4v) is 3.43. The molecule has 2 heterocycles. The highest BCUT2D eigenvalue weighted by atomic mass is 19.4. The van der Waals surface area contributed by atoms with E-state index in [4.69, 9.17) is 4.98 Å². The van der Waals surface area contributed by atoms with Gasteiger partial charge >= 0.3 is 6.18 Å². The molecule has 0 spiro atoms. The first kappa shape index (κ1) is 21.8. The second-order valence-corrected chi connectivity index (χ2v) is 7.30. The summed E-state index contributed by atoms with van der Waals surface area (Å²) in [6.07, 6.45) is -1.38. The van der Waals surface area contributed by atoms with Gasteiger partial charge in [0.05, 0.1) is 17.0 Å². The molecule has 5 nitrogen and oxygen atoms in total. The van der Waals surface area contributed by atoms with Gasteiger partial charge in [-0.25, -0.2) is 4.98 Å². The molecule has 1 N–H and O–H groups in total. The standard InChI is InChI=1S/C25H17F3N4O/c1-16-7-6-12-32-21(22(31-23(16)32)17-8-3-2-4-9-17)13-18(15-29)24(33)30-20-11-5-10-19(14-20)25(26,27)28/h2-14H,1H3,(H,30,33). The second-order valence-electron chi connectivity index (χ2n) is 7.30. The normalized spacial score (nSPS) is 11.9. The van der Waals surface area contributed by atoms with Crippen molar-refractivity contribution in [1.82, 2.24) is 9.38 Å². The van der Waals surface area contributed by atoms with E-state index in [-0.39, 0.29) is 11.3 Å². The number of benzene rings is 2. The van der Waals surface area contributed by atoms with Crippen LogP contribution in [-0.2, 0) is 11.0 Å². The summed E-state index contributed by atoms with van der Waals surface area (Å²) in [7, 11) is 0. The maximum absolute atomic E-state index is 13.0. The Kier molecular flexibility index (Phi) is 5.71. The van der Waals surface area contributed by atoms with Crippen LogP contribution in [0.3, 0.4) is 0 Å². The number of carbonyl (C=O) groups is 1. The number of nitrogens with zero attached hydrogens (tertiary/aromatic N) is 3. The zero-order valence-corrected chi connectivity index (χ0v) is 17.4. The Morgan fingerprint density at radius 3 is 2.55 bits per heavy atom. The Bertz CT molecular complexity index is 1410. The van der Waals surface area contributed by atoms with Gasteiger partial charge in [0.2, 0.25) is 0 Å². The molecule has 0 saturated carbocycles. The van der Waals surface area contributed by atoms with Crippen LogP contribution in [0.5, 0.6) is 0 Å². The topological polar surface area (TPSA) is 70.2 Å². The maximum atomic E-state index is 13.0. The summed E-state index contributed by atoms with van der Waals surface area (Å²) in [4.78, 5) is 17.5. The molecule has 4 rings (SSSR count). The van der Waals surface area contributed by atoms with Crippen LogP contribution in [0.2, 0.25) is 0 Å². The van der Waals surface area contributed by atoms with E-state index in [0.29, 0.717) is 17.0 Å². The smallest absolute Gasteiger partial charge is 0.321 e. The van der Waals surface area contributed by atoms with E-state index >= 15 is 0 Å². The molecule has 164 valence electrons. The number of carbonyl (C=O) groups excluding carboxylic acids is 1. The lowest BCUT2D eigenvalue weighted by Gasteiger charge is -2.09. The minimum Gasteiger partial charge on any atom is -0.321 e. The lowest BCUT2D eigenvalue weighted by molar-refractivity contribution is -0.137. The van der Waals surface area contributed by atoms with Crippen LogP contribution in [0.1, 0.15) is 16.8 Å². The molecule has 0 atom stereocenters. The molecule has 0 fully saturated rings. The van der Waals surface area contributed by atoms with E-state index in [1.165, 1.54) is 18.2 Å². The average Bonchev–Trinajstić information content (AvgIpc) is 3.17. The van der Waals surface area contributed by atoms with Crippen LogP contribution in [0.15, 0.2) is 78.5 Å². The van der Waals surface area contributed by atoms with Crippen LogP contribution in [0.4, 0.5) is 18.9 Å². The molecule has 0 bridgehead atoms. The lowest BCUT2D eigenvalue weighted by Crippen LogP contribution is -2.14. The number of nitrogens with one attached hydrogen (secondary N) is 1. The van der Waals surface area contributed by atoms with Gasteiger partial charge in [-0.2, -0.15) is 18.4 Å². The van der Waals surface area contributed by atoms with Gasteiger partial charge in [-0.15, -0.1) is 0 Å². The molecule has 2 aromatic carbocycles. The Balaban J connectivity index is 1.77. The Labute approximate surface area is 187 Å². The van der Waals surface area contributed by atoms with Crippen LogP contribution in [-0.4, -0.2) is 15.3 Å². The van der Waals surface area contributed by atoms with Crippen LogP contribution in [0, 0.1) is 18.3 Å². The first-order valence-electron chi connectivity index (χ1n) is 9.91. The molecule has 0 radical (unpaired) electrons. The summed E-state index contributed by atoms with van der Waals surface area (Å²) in [6.45, 7) is 1.90. The molecule has 0 aliphatic heterocycles. The number of amides is 1. The van der Waals surface area contributed by atoms with Gasteiger partial charge in [-0.1, -0.05) is 42.5 Å². The highest BCUT2D eigenvalue weighted by Gasteiger charge is 2.30. The highest BCUT2D eigenvalue weighted by Crippen LogP contribution is 2.31. The number of nitriles is 1. The van der Waals surface area contributed by atoms with Crippen molar-refractivity contribution in [2.75, 3.05) is 5.32 Å². The van der Waals surface area contributed by atoms with E-state index in [0.717, 1.165) is 23.3 Å². The molecule has 0 aliphatic carbocycles. The van der Waals surface area contributed by atoms with Gasteiger partial charge in [0, 0.05) is 17.4 Å². The maximum Gasteiger partial charge on any atom is 0.416 e. The third kappa shape index (κ3) is 4.48. The fraction of sp³-hybridized carbons (Fsp3) is 0.0800. The molecule has 0 aliphatic rings. The van der Waals surface area contributed by atoms with Gasteiger partial charge in [-0.05, 0) is 42.8 Å². The number of rotatable bonds is 4. The summed E-state index contributed by atoms with van der Waals surface area (Å²) in [5.74, 6) is -0.821. The van der Waals surface area contributed by atoms with Crippen molar-refractivity contribution in [3.63, 3.8) is 0 Å². The fourth-order valence-electron chi connectivity index (χ4n) is 3.43. The van der Waals surface area contributed by atoms with Crippen LogP contribution in [0.25, 0.3) is 23.0 Å². The molecule has 2 aromatic heterocycles. The van der Waals surface area contributed by atoms with Gasteiger partial charge in [0.25, 0.3) is 5.91 Å². The summed E-state index contributed by atoms with van der Waals surface area (Å²) in [5.41, 5.74) is 2.22. The molecule has 0 unspecified atom stereocenters. The van der Waals surface area contributed by atoms with E-state index in [9.17, 15) is 23.2 Å². The van der Waals surface area contributed by atoms with Gasteiger partial charge in [0.1, 0.15) is 17.3 Å². The van der Waals surface area contributed by atoms with Gasteiger partial charge in [-0.3, -0.25) is 9.20 Å². The lowest BCUT2D eigenvalue weighted by atomic mass is 10.1. The van der Waals surface area contributed by atoms with Crippen LogP contribution >= 0.6 is 0 Å². The van der Waals surface area contributed by atoms with E-state index in [2.05, 4.69) is 5.32 Å². The molecule has 0 saturated heterocycles. The summed E-state index contributed by atoms with van der Waals surface area (Å²) >= 11 is 0. The minimum atomic E-state index is -4.55. The summed E-state index contributed by atoms with van der Waals surface area (Å²) < 4.78 is 40.7. The van der Waals surface area contributed by atoms with E-state index < -0.39 is 17.6 Å². The van der Waals surface area contributed by atoms with Crippen molar-refractivity contribution in [1.29, 1.82) is 5.26 Å². The Morgan fingerprint density at radius 2 is 1.85 bits per heavy atom. The average molecular weight is 446 g/mol. The number of alkyl halides is 3. The highest BCUT2D eigenvalue weighted by molar-refractivity contribution is 6.10. The number of aromatic nitrogens is 2. The van der Waals surface area contributed by atoms with Crippen molar-refractivity contribution in [2.45, 2.75) is 13.1 Å². The number of pyridine rings is 1. The second kappa shape index (κ2) is 8.63. The molecular weight excluding hydrogens is 429 g/mol. The number of anilines is 1. The number of fused-ring (bicyclic) bond motifs is 1.